The number of hydrogen-bond donors (Lipinski definition) is 1. The number of piperidine rings is 1. The van der Waals surface area contributed by atoms with E-state index in [-0.39, 0.29) is 6.09 Å². The van der Waals surface area contributed by atoms with E-state index >= 15 is 0 Å². The summed E-state index contributed by atoms with van der Waals surface area (Å²) in [4.78, 5) is 18.9. The van der Waals surface area contributed by atoms with Crippen molar-refractivity contribution in [3.05, 3.63) is 16.1 Å². The van der Waals surface area contributed by atoms with Crippen LogP contribution in [-0.4, -0.2) is 41.7 Å². The Bertz CT molecular complexity index is 414. The van der Waals surface area contributed by atoms with E-state index in [1.165, 1.54) is 4.88 Å². The molecule has 0 aliphatic carbocycles. The zero-order valence-corrected chi connectivity index (χ0v) is 12.3. The SMILES string of the molecule is CCOC(=O)N1CCC(NCc2scnc2C)CC1. The predicted molar refractivity (Wildman–Crippen MR) is 75.3 cm³/mol. The van der Waals surface area contributed by atoms with Gasteiger partial charge in [0.2, 0.25) is 0 Å². The number of aryl methyl sites for hydroxylation is 1. The summed E-state index contributed by atoms with van der Waals surface area (Å²) in [6.45, 7) is 6.75. The van der Waals surface area contributed by atoms with Gasteiger partial charge in [-0.1, -0.05) is 0 Å². The van der Waals surface area contributed by atoms with Crippen LogP contribution in [0.3, 0.4) is 0 Å². The summed E-state index contributed by atoms with van der Waals surface area (Å²) in [5, 5.41) is 3.55. The van der Waals surface area contributed by atoms with Crippen molar-refractivity contribution in [3.63, 3.8) is 0 Å². The van der Waals surface area contributed by atoms with Crippen LogP contribution in [-0.2, 0) is 11.3 Å². The molecular formula is C13H21N3O2S. The number of thiazole rings is 1. The van der Waals surface area contributed by atoms with Crippen LogP contribution in [0.15, 0.2) is 5.51 Å². The normalized spacial score (nSPS) is 16.6. The number of rotatable bonds is 4. The molecule has 0 radical (unpaired) electrons. The third-order valence-electron chi connectivity index (χ3n) is 3.42. The maximum Gasteiger partial charge on any atom is 0.409 e. The average molecular weight is 283 g/mol. The molecule has 1 aliphatic rings. The second-order valence-corrected chi connectivity index (χ2v) is 5.64. The summed E-state index contributed by atoms with van der Waals surface area (Å²) < 4.78 is 5.01. The summed E-state index contributed by atoms with van der Waals surface area (Å²) in [5.41, 5.74) is 3.00. The Labute approximate surface area is 118 Å². The van der Waals surface area contributed by atoms with Crippen molar-refractivity contribution < 1.29 is 9.53 Å². The van der Waals surface area contributed by atoms with Crippen LogP contribution in [0.2, 0.25) is 0 Å². The lowest BCUT2D eigenvalue weighted by molar-refractivity contribution is 0.0950. The fourth-order valence-electron chi connectivity index (χ4n) is 2.21. The van der Waals surface area contributed by atoms with Gasteiger partial charge in [0.15, 0.2) is 0 Å². The number of carbonyl (C=O) groups is 1. The molecule has 0 saturated carbocycles. The molecule has 1 saturated heterocycles. The van der Waals surface area contributed by atoms with E-state index in [1.807, 2.05) is 19.4 Å². The predicted octanol–water partition coefficient (Wildman–Crippen LogP) is 2.16. The summed E-state index contributed by atoms with van der Waals surface area (Å²) in [7, 11) is 0. The molecule has 0 atom stereocenters. The molecule has 0 spiro atoms. The molecule has 0 aromatic carbocycles. The van der Waals surface area contributed by atoms with Gasteiger partial charge in [0, 0.05) is 30.6 Å². The van der Waals surface area contributed by atoms with E-state index < -0.39 is 0 Å². The molecule has 106 valence electrons. The van der Waals surface area contributed by atoms with E-state index in [2.05, 4.69) is 10.3 Å². The van der Waals surface area contributed by atoms with E-state index in [9.17, 15) is 4.79 Å². The number of nitrogens with zero attached hydrogens (tertiary/aromatic N) is 2. The summed E-state index contributed by atoms with van der Waals surface area (Å²) >= 11 is 1.69. The maximum absolute atomic E-state index is 11.6. The van der Waals surface area contributed by atoms with Crippen LogP contribution < -0.4 is 5.32 Å². The van der Waals surface area contributed by atoms with Crippen molar-refractivity contribution in [2.45, 2.75) is 39.3 Å². The van der Waals surface area contributed by atoms with Gasteiger partial charge < -0.3 is 15.0 Å². The van der Waals surface area contributed by atoms with Crippen LogP contribution in [0.5, 0.6) is 0 Å². The Morgan fingerprint density at radius 1 is 1.58 bits per heavy atom. The zero-order valence-electron chi connectivity index (χ0n) is 11.5. The van der Waals surface area contributed by atoms with Crippen LogP contribution in [0.1, 0.15) is 30.3 Å². The van der Waals surface area contributed by atoms with Crippen molar-refractivity contribution in [3.8, 4) is 0 Å². The van der Waals surface area contributed by atoms with Gasteiger partial charge in [0.1, 0.15) is 0 Å². The molecule has 1 aliphatic heterocycles. The lowest BCUT2D eigenvalue weighted by Crippen LogP contribution is -2.44. The quantitative estimate of drug-likeness (QED) is 0.920. The van der Waals surface area contributed by atoms with Gasteiger partial charge in [-0.15, -0.1) is 11.3 Å². The van der Waals surface area contributed by atoms with Crippen LogP contribution in [0.25, 0.3) is 0 Å². The van der Waals surface area contributed by atoms with Crippen LogP contribution in [0.4, 0.5) is 4.79 Å². The van der Waals surface area contributed by atoms with Crippen LogP contribution >= 0.6 is 11.3 Å². The minimum atomic E-state index is -0.181. The second-order valence-electron chi connectivity index (χ2n) is 4.70. The van der Waals surface area contributed by atoms with Crippen molar-refractivity contribution >= 4 is 17.4 Å². The molecular weight excluding hydrogens is 262 g/mol. The van der Waals surface area contributed by atoms with Crippen molar-refractivity contribution in [1.82, 2.24) is 15.2 Å². The van der Waals surface area contributed by atoms with Gasteiger partial charge in [-0.25, -0.2) is 9.78 Å². The summed E-state index contributed by atoms with van der Waals surface area (Å²) in [5.74, 6) is 0. The number of ether oxygens (including phenoxy) is 1. The summed E-state index contributed by atoms with van der Waals surface area (Å²) in [6.07, 6.45) is 1.78. The van der Waals surface area contributed by atoms with Crippen molar-refractivity contribution in [2.24, 2.45) is 0 Å². The van der Waals surface area contributed by atoms with Gasteiger partial charge >= 0.3 is 6.09 Å². The summed E-state index contributed by atoms with van der Waals surface area (Å²) in [6, 6.07) is 0.479. The molecule has 1 aromatic rings. The molecule has 2 rings (SSSR count). The Morgan fingerprint density at radius 3 is 2.89 bits per heavy atom. The molecule has 0 bridgehead atoms. The highest BCUT2D eigenvalue weighted by Gasteiger charge is 2.23. The van der Waals surface area contributed by atoms with Crippen molar-refractivity contribution in [2.75, 3.05) is 19.7 Å². The maximum atomic E-state index is 11.6. The molecule has 1 fully saturated rings. The number of carbonyl (C=O) groups excluding carboxylic acids is 1. The first-order chi connectivity index (χ1) is 9.20. The van der Waals surface area contributed by atoms with E-state index in [0.717, 1.165) is 38.2 Å². The van der Waals surface area contributed by atoms with E-state index in [0.29, 0.717) is 12.6 Å². The second kappa shape index (κ2) is 6.86. The minimum Gasteiger partial charge on any atom is -0.450 e. The number of aromatic nitrogens is 1. The first kappa shape index (κ1) is 14.3. The van der Waals surface area contributed by atoms with Crippen molar-refractivity contribution in [1.29, 1.82) is 0 Å². The monoisotopic (exact) mass is 283 g/mol. The lowest BCUT2D eigenvalue weighted by Gasteiger charge is -2.31. The molecule has 1 N–H and O–H groups in total. The van der Waals surface area contributed by atoms with Gasteiger partial charge in [0.05, 0.1) is 17.8 Å². The first-order valence-corrected chi connectivity index (χ1v) is 7.62. The minimum absolute atomic E-state index is 0.181. The smallest absolute Gasteiger partial charge is 0.409 e. The standard InChI is InChI=1S/C13H21N3O2S/c1-3-18-13(17)16-6-4-11(5-7-16)14-8-12-10(2)15-9-19-12/h9,11,14H,3-8H2,1-2H3. The highest BCUT2D eigenvalue weighted by atomic mass is 32.1. The Kier molecular flexibility index (Phi) is 5.15. The van der Waals surface area contributed by atoms with Gasteiger partial charge in [-0.2, -0.15) is 0 Å². The van der Waals surface area contributed by atoms with Gasteiger partial charge in [-0.05, 0) is 26.7 Å². The lowest BCUT2D eigenvalue weighted by atomic mass is 10.1. The van der Waals surface area contributed by atoms with E-state index in [4.69, 9.17) is 4.74 Å². The average Bonchev–Trinajstić information content (AvgIpc) is 2.83. The Balaban J connectivity index is 1.72. The third kappa shape index (κ3) is 3.91. The Hall–Kier alpha value is -1.14. The topological polar surface area (TPSA) is 54.5 Å². The van der Waals surface area contributed by atoms with Gasteiger partial charge in [-0.3, -0.25) is 0 Å². The first-order valence-electron chi connectivity index (χ1n) is 6.74. The molecule has 0 unspecified atom stereocenters. The number of amides is 1. The largest absolute Gasteiger partial charge is 0.450 e. The Morgan fingerprint density at radius 2 is 2.32 bits per heavy atom. The molecule has 1 amide bonds. The molecule has 2 heterocycles. The molecule has 5 nitrogen and oxygen atoms in total. The highest BCUT2D eigenvalue weighted by Crippen LogP contribution is 2.15. The zero-order chi connectivity index (χ0) is 13.7. The molecule has 19 heavy (non-hydrogen) atoms. The fourth-order valence-corrected chi connectivity index (χ4v) is 2.94. The fraction of sp³-hybridized carbons (Fsp3) is 0.692. The van der Waals surface area contributed by atoms with Crippen LogP contribution in [0, 0.1) is 6.92 Å². The highest BCUT2D eigenvalue weighted by molar-refractivity contribution is 7.09. The molecule has 1 aromatic heterocycles. The molecule has 6 heteroatoms. The van der Waals surface area contributed by atoms with E-state index in [1.54, 1.807) is 16.2 Å². The number of likely N-dealkylation sites (tertiary alicyclic amines) is 1. The number of hydrogen-bond acceptors (Lipinski definition) is 5. The van der Waals surface area contributed by atoms with Gasteiger partial charge in [0.25, 0.3) is 0 Å². The third-order valence-corrected chi connectivity index (χ3v) is 4.35. The number of nitrogens with one attached hydrogen (secondary N) is 1.